The summed E-state index contributed by atoms with van der Waals surface area (Å²) in [6, 6.07) is 18.3. The van der Waals surface area contributed by atoms with Crippen LogP contribution in [0.25, 0.3) is 5.70 Å². The van der Waals surface area contributed by atoms with Crippen molar-refractivity contribution in [3.05, 3.63) is 95.7 Å². The van der Waals surface area contributed by atoms with Crippen LogP contribution in [-0.2, 0) is 11.0 Å². The molecule has 0 spiro atoms. The quantitative estimate of drug-likeness (QED) is 0.199. The zero-order valence-corrected chi connectivity index (χ0v) is 18.1. The van der Waals surface area contributed by atoms with Gasteiger partial charge in [-0.25, -0.2) is 4.79 Å². The van der Waals surface area contributed by atoms with E-state index in [4.69, 9.17) is 19.4 Å². The molecule has 6 nitrogen and oxygen atoms in total. The molecule has 0 aliphatic carbocycles. The molecule has 9 heteroatoms. The predicted octanol–water partition coefficient (Wildman–Crippen LogP) is 6.50. The van der Waals surface area contributed by atoms with Gasteiger partial charge in [0.05, 0.1) is 17.7 Å². The predicted molar refractivity (Wildman–Crippen MR) is 119 cm³/mol. The zero-order valence-electron chi connectivity index (χ0n) is 18.1. The lowest BCUT2D eigenvalue weighted by atomic mass is 10.1. The average molecular weight is 473 g/mol. The van der Waals surface area contributed by atoms with Crippen molar-refractivity contribution < 1.29 is 37.4 Å². The average Bonchev–Trinajstić information content (AvgIpc) is 2.81. The Balaban J connectivity index is 1.91. The molecule has 0 bridgehead atoms. The first-order valence-corrected chi connectivity index (χ1v) is 10.3. The Hall–Kier alpha value is -3.98. The van der Waals surface area contributed by atoms with Crippen LogP contribution in [-0.4, -0.2) is 17.7 Å². The van der Waals surface area contributed by atoms with Gasteiger partial charge in [-0.1, -0.05) is 37.3 Å². The first-order chi connectivity index (χ1) is 16.3. The maximum Gasteiger partial charge on any atom is 0.416 e. The van der Waals surface area contributed by atoms with E-state index in [0.717, 1.165) is 18.4 Å². The fourth-order valence-electron chi connectivity index (χ4n) is 2.81. The molecule has 0 aromatic heterocycles. The Bertz CT molecular complexity index is 1150. The number of ether oxygens (including phenoxy) is 2. The van der Waals surface area contributed by atoms with E-state index in [-0.39, 0.29) is 5.75 Å². The van der Waals surface area contributed by atoms with E-state index in [9.17, 15) is 18.0 Å². The molecule has 3 rings (SSSR count). The van der Waals surface area contributed by atoms with Crippen molar-refractivity contribution in [3.63, 3.8) is 0 Å². The maximum atomic E-state index is 13.2. The summed E-state index contributed by atoms with van der Waals surface area (Å²) in [5, 5.41) is 9.17. The number of hydrogen-bond donors (Lipinski definition) is 2. The number of halogens is 3. The van der Waals surface area contributed by atoms with Crippen LogP contribution < -0.4 is 15.0 Å². The number of nitrogens with one attached hydrogen (secondary N) is 1. The highest BCUT2D eigenvalue weighted by molar-refractivity contribution is 5.88. The van der Waals surface area contributed by atoms with Gasteiger partial charge in [0.25, 0.3) is 0 Å². The minimum atomic E-state index is -4.73. The third-order valence-corrected chi connectivity index (χ3v) is 4.41. The number of carbonyl (C=O) groups is 1. The van der Waals surface area contributed by atoms with Crippen molar-refractivity contribution in [2.24, 2.45) is 0 Å². The van der Waals surface area contributed by atoms with Gasteiger partial charge in [0, 0.05) is 5.56 Å². The molecule has 0 amide bonds. The van der Waals surface area contributed by atoms with Crippen molar-refractivity contribution in [3.8, 4) is 17.2 Å². The van der Waals surface area contributed by atoms with Gasteiger partial charge in [-0.05, 0) is 48.9 Å². The fraction of sp³-hybridized carbons (Fsp3) is 0.160. The van der Waals surface area contributed by atoms with Gasteiger partial charge in [-0.3, -0.25) is 10.3 Å². The zero-order chi connectivity index (χ0) is 24.6. The van der Waals surface area contributed by atoms with Crippen molar-refractivity contribution in [2.75, 3.05) is 6.61 Å². The first-order valence-electron chi connectivity index (χ1n) is 10.3. The topological polar surface area (TPSA) is 77.0 Å². The number of hydroxylamine groups is 1. The summed E-state index contributed by atoms with van der Waals surface area (Å²) in [4.78, 5) is 16.6. The molecule has 34 heavy (non-hydrogen) atoms. The molecule has 0 aliphatic rings. The summed E-state index contributed by atoms with van der Waals surface area (Å²) >= 11 is 0. The summed E-state index contributed by atoms with van der Waals surface area (Å²) in [7, 11) is 0. The van der Waals surface area contributed by atoms with Crippen LogP contribution in [0.15, 0.2) is 79.1 Å². The van der Waals surface area contributed by atoms with Gasteiger partial charge < -0.3 is 14.6 Å². The lowest BCUT2D eigenvalue weighted by Gasteiger charge is -2.14. The molecular weight excluding hydrogens is 451 g/mol. The minimum absolute atomic E-state index is 0.293. The summed E-state index contributed by atoms with van der Waals surface area (Å²) in [5.41, 5.74) is 1.90. The molecule has 0 saturated carbocycles. The Morgan fingerprint density at radius 2 is 1.65 bits per heavy atom. The number of carboxylic acids is 1. The van der Waals surface area contributed by atoms with Crippen LogP contribution in [0.5, 0.6) is 17.2 Å². The fourth-order valence-corrected chi connectivity index (χ4v) is 2.81. The van der Waals surface area contributed by atoms with Crippen molar-refractivity contribution >= 4 is 11.7 Å². The molecule has 3 aromatic carbocycles. The van der Waals surface area contributed by atoms with E-state index in [1.807, 2.05) is 25.1 Å². The summed E-state index contributed by atoms with van der Waals surface area (Å²) < 4.78 is 50.8. The molecule has 0 atom stereocenters. The number of para-hydroxylation sites is 1. The Labute approximate surface area is 194 Å². The molecule has 0 saturated heterocycles. The maximum absolute atomic E-state index is 13.2. The van der Waals surface area contributed by atoms with E-state index >= 15 is 0 Å². The third-order valence-electron chi connectivity index (χ3n) is 4.41. The number of hydrogen-bond acceptors (Lipinski definition) is 5. The Morgan fingerprint density at radius 3 is 2.32 bits per heavy atom. The van der Waals surface area contributed by atoms with Crippen LogP contribution in [0.3, 0.4) is 0 Å². The van der Waals surface area contributed by atoms with Crippen LogP contribution >= 0.6 is 0 Å². The highest BCUT2D eigenvalue weighted by Crippen LogP contribution is 2.33. The van der Waals surface area contributed by atoms with Gasteiger partial charge in [-0.15, -0.1) is 0 Å². The van der Waals surface area contributed by atoms with Gasteiger partial charge in [0.1, 0.15) is 29.2 Å². The normalized spacial score (nSPS) is 11.7. The molecule has 2 N–H and O–H groups in total. The second-order valence-corrected chi connectivity index (χ2v) is 7.09. The largest absolute Gasteiger partial charge is 0.478 e. The number of benzene rings is 3. The molecule has 3 aromatic rings. The van der Waals surface area contributed by atoms with Gasteiger partial charge in [0.2, 0.25) is 0 Å². The SMILES string of the molecule is CCCONC(=COc1cc(C(=O)O)cc(C(F)(F)F)c1)c1cccc(Oc2ccccc2)c1. The highest BCUT2D eigenvalue weighted by atomic mass is 19.4. The van der Waals surface area contributed by atoms with E-state index in [0.29, 0.717) is 41.9 Å². The van der Waals surface area contributed by atoms with Crippen molar-refractivity contribution in [1.82, 2.24) is 5.48 Å². The Kier molecular flexibility index (Phi) is 8.15. The lowest BCUT2D eigenvalue weighted by molar-refractivity contribution is -0.137. The van der Waals surface area contributed by atoms with E-state index in [1.165, 1.54) is 0 Å². The van der Waals surface area contributed by atoms with Gasteiger partial charge >= 0.3 is 12.1 Å². The molecular formula is C25H22F3NO5. The third kappa shape index (κ3) is 7.01. The second-order valence-electron chi connectivity index (χ2n) is 7.09. The Morgan fingerprint density at radius 1 is 0.941 bits per heavy atom. The van der Waals surface area contributed by atoms with Crippen LogP contribution in [0.4, 0.5) is 13.2 Å². The highest BCUT2D eigenvalue weighted by Gasteiger charge is 2.32. The van der Waals surface area contributed by atoms with Crippen LogP contribution in [0.2, 0.25) is 0 Å². The van der Waals surface area contributed by atoms with Gasteiger partial charge in [0.15, 0.2) is 0 Å². The molecule has 178 valence electrons. The first kappa shape index (κ1) is 24.7. The van der Waals surface area contributed by atoms with Crippen molar-refractivity contribution in [1.29, 1.82) is 0 Å². The molecule has 0 aliphatic heterocycles. The molecule has 0 heterocycles. The standard InChI is InChI=1S/C25H22F3NO5/c1-2-11-33-29-23(17-7-6-10-21(13-17)34-20-8-4-3-5-9-20)16-32-22-14-18(24(30)31)12-19(15-22)25(26,27)28/h3-10,12-16,29H,2,11H2,1H3,(H,30,31). The van der Waals surface area contributed by atoms with Crippen LogP contribution in [0, 0.1) is 0 Å². The second kappa shape index (κ2) is 11.2. The number of rotatable bonds is 10. The van der Waals surface area contributed by atoms with Crippen molar-refractivity contribution in [2.45, 2.75) is 19.5 Å². The monoisotopic (exact) mass is 473 g/mol. The van der Waals surface area contributed by atoms with E-state index in [2.05, 4.69) is 5.48 Å². The molecule has 0 unspecified atom stereocenters. The number of alkyl halides is 3. The summed E-state index contributed by atoms with van der Waals surface area (Å²) in [6.45, 7) is 2.27. The van der Waals surface area contributed by atoms with Gasteiger partial charge in [-0.2, -0.15) is 13.2 Å². The molecule has 0 radical (unpaired) electrons. The number of aromatic carboxylic acids is 1. The van der Waals surface area contributed by atoms with E-state index in [1.54, 1.807) is 36.4 Å². The minimum Gasteiger partial charge on any atom is -0.478 e. The van der Waals surface area contributed by atoms with E-state index < -0.39 is 23.3 Å². The summed E-state index contributed by atoms with van der Waals surface area (Å²) in [5.74, 6) is -0.657. The summed E-state index contributed by atoms with van der Waals surface area (Å²) in [6.07, 6.45) is -2.87. The smallest absolute Gasteiger partial charge is 0.416 e. The lowest BCUT2D eigenvalue weighted by Crippen LogP contribution is -2.15. The van der Waals surface area contributed by atoms with Crippen LogP contribution in [0.1, 0.15) is 34.8 Å². The molecule has 0 fully saturated rings. The number of carboxylic acid groups (broad SMARTS) is 1.